The molecule has 2 aromatic carbocycles. The molecule has 0 spiro atoms. The quantitative estimate of drug-likeness (QED) is 0.526. The zero-order valence-electron chi connectivity index (χ0n) is 18.2. The molecule has 0 aromatic heterocycles. The van der Waals surface area contributed by atoms with Gasteiger partial charge in [0.15, 0.2) is 11.5 Å². The lowest BCUT2D eigenvalue weighted by Gasteiger charge is -2.18. The number of benzene rings is 2. The van der Waals surface area contributed by atoms with Crippen molar-refractivity contribution in [3.63, 3.8) is 0 Å². The van der Waals surface area contributed by atoms with Gasteiger partial charge in [0.25, 0.3) is 0 Å². The van der Waals surface area contributed by atoms with E-state index in [2.05, 4.69) is 18.0 Å². The molecule has 4 nitrogen and oxygen atoms in total. The standard InChI is InChI=1S/C25H32ClNO3/c1-27(13-11-18-6-4-8-22(26)14-18)12-5-7-19-9-10-20-16-24(29-2)25(30-3)17-21(20)15-23(19)28/h4,6,8,14,16-17,19H,5,7,9-13,15H2,1-3H3. The minimum Gasteiger partial charge on any atom is -0.493 e. The topological polar surface area (TPSA) is 38.8 Å². The minimum absolute atomic E-state index is 0.135. The molecule has 1 aliphatic carbocycles. The highest BCUT2D eigenvalue weighted by molar-refractivity contribution is 6.30. The number of hydrogen-bond donors (Lipinski definition) is 0. The van der Waals surface area contributed by atoms with E-state index < -0.39 is 0 Å². The molecule has 0 saturated heterocycles. The molecule has 1 aliphatic rings. The molecule has 0 fully saturated rings. The Hall–Kier alpha value is -2.04. The summed E-state index contributed by atoms with van der Waals surface area (Å²) in [6.45, 7) is 1.99. The number of aryl methyl sites for hydroxylation is 1. The molecule has 0 heterocycles. The molecule has 0 N–H and O–H groups in total. The highest BCUT2D eigenvalue weighted by Gasteiger charge is 2.25. The van der Waals surface area contributed by atoms with Crippen molar-refractivity contribution in [3.8, 4) is 11.5 Å². The summed E-state index contributed by atoms with van der Waals surface area (Å²) in [7, 11) is 5.43. The number of hydrogen-bond acceptors (Lipinski definition) is 4. The lowest BCUT2D eigenvalue weighted by Crippen LogP contribution is -2.24. The normalized spacial score (nSPS) is 16.3. The molecule has 0 amide bonds. The fraction of sp³-hybridized carbons (Fsp3) is 0.480. The maximum Gasteiger partial charge on any atom is 0.161 e. The second-order valence-corrected chi connectivity index (χ2v) is 8.62. The highest BCUT2D eigenvalue weighted by Crippen LogP contribution is 2.34. The Morgan fingerprint density at radius 3 is 2.50 bits per heavy atom. The van der Waals surface area contributed by atoms with E-state index in [1.807, 2.05) is 30.3 Å². The van der Waals surface area contributed by atoms with Gasteiger partial charge in [-0.05, 0) is 86.7 Å². The van der Waals surface area contributed by atoms with E-state index in [-0.39, 0.29) is 5.92 Å². The maximum atomic E-state index is 12.9. The van der Waals surface area contributed by atoms with E-state index in [1.54, 1.807) is 14.2 Å². The van der Waals surface area contributed by atoms with Crippen LogP contribution in [-0.2, 0) is 24.1 Å². The van der Waals surface area contributed by atoms with Gasteiger partial charge in [-0.2, -0.15) is 0 Å². The summed E-state index contributed by atoms with van der Waals surface area (Å²) in [4.78, 5) is 15.2. The van der Waals surface area contributed by atoms with Crippen molar-refractivity contribution >= 4 is 17.4 Å². The number of fused-ring (bicyclic) bond motifs is 1. The number of rotatable bonds is 9. The summed E-state index contributed by atoms with van der Waals surface area (Å²) in [6, 6.07) is 12.1. The number of halogens is 1. The predicted octanol–water partition coefficient (Wildman–Crippen LogP) is 4.99. The number of carbonyl (C=O) groups excluding carboxylic acids is 1. The number of Topliss-reactive ketones (excluding diaryl/α,β-unsaturated/α-hetero) is 1. The van der Waals surface area contributed by atoms with Crippen LogP contribution in [0, 0.1) is 5.92 Å². The molecule has 0 bridgehead atoms. The van der Waals surface area contributed by atoms with Gasteiger partial charge in [0.1, 0.15) is 5.78 Å². The van der Waals surface area contributed by atoms with Crippen LogP contribution in [0.15, 0.2) is 36.4 Å². The fourth-order valence-corrected chi connectivity index (χ4v) is 4.43. The van der Waals surface area contributed by atoms with Crippen LogP contribution in [-0.4, -0.2) is 45.0 Å². The Labute approximate surface area is 185 Å². The van der Waals surface area contributed by atoms with Gasteiger partial charge in [-0.3, -0.25) is 4.79 Å². The summed E-state index contributed by atoms with van der Waals surface area (Å²) in [5, 5.41) is 0.790. The molecule has 1 atom stereocenters. The Morgan fingerprint density at radius 2 is 1.80 bits per heavy atom. The monoisotopic (exact) mass is 429 g/mol. The van der Waals surface area contributed by atoms with Crippen LogP contribution in [0.5, 0.6) is 11.5 Å². The van der Waals surface area contributed by atoms with Gasteiger partial charge < -0.3 is 14.4 Å². The third kappa shape index (κ3) is 5.99. The third-order valence-corrected chi connectivity index (χ3v) is 6.29. The van der Waals surface area contributed by atoms with Crippen molar-refractivity contribution in [1.29, 1.82) is 0 Å². The van der Waals surface area contributed by atoms with Crippen LogP contribution in [0.2, 0.25) is 5.02 Å². The van der Waals surface area contributed by atoms with Crippen molar-refractivity contribution in [2.45, 2.75) is 38.5 Å². The summed E-state index contributed by atoms with van der Waals surface area (Å²) in [6.07, 6.45) is 5.28. The molecule has 0 radical (unpaired) electrons. The van der Waals surface area contributed by atoms with Crippen molar-refractivity contribution in [2.24, 2.45) is 5.92 Å². The minimum atomic E-state index is 0.135. The highest BCUT2D eigenvalue weighted by atomic mass is 35.5. The van der Waals surface area contributed by atoms with Crippen LogP contribution in [0.4, 0.5) is 0 Å². The van der Waals surface area contributed by atoms with Crippen LogP contribution in [0.3, 0.4) is 0 Å². The van der Waals surface area contributed by atoms with Crippen molar-refractivity contribution in [1.82, 2.24) is 4.90 Å². The van der Waals surface area contributed by atoms with Gasteiger partial charge in [-0.15, -0.1) is 0 Å². The summed E-state index contributed by atoms with van der Waals surface area (Å²) in [5.74, 6) is 1.92. The molecule has 5 heteroatoms. The average Bonchev–Trinajstić information content (AvgIpc) is 2.89. The first-order valence-corrected chi connectivity index (χ1v) is 11.1. The number of carbonyl (C=O) groups is 1. The zero-order valence-corrected chi connectivity index (χ0v) is 19.0. The average molecular weight is 430 g/mol. The molecule has 0 aliphatic heterocycles. The second-order valence-electron chi connectivity index (χ2n) is 8.18. The van der Waals surface area contributed by atoms with Crippen LogP contribution in [0.25, 0.3) is 0 Å². The van der Waals surface area contributed by atoms with Crippen LogP contribution in [0.1, 0.15) is 36.0 Å². The Bertz CT molecular complexity index is 867. The second kappa shape index (κ2) is 10.8. The molecule has 0 saturated carbocycles. The Morgan fingerprint density at radius 1 is 1.07 bits per heavy atom. The molecule has 30 heavy (non-hydrogen) atoms. The maximum absolute atomic E-state index is 12.9. The SMILES string of the molecule is COc1cc2c(cc1OC)CC(=O)C(CCCN(C)CCc1cccc(Cl)c1)CC2. The molecule has 1 unspecified atom stereocenters. The number of methoxy groups -OCH3 is 2. The number of nitrogens with zero attached hydrogens (tertiary/aromatic N) is 1. The first-order chi connectivity index (χ1) is 14.5. The van der Waals surface area contributed by atoms with Crippen molar-refractivity contribution in [2.75, 3.05) is 34.4 Å². The predicted molar refractivity (Wildman–Crippen MR) is 122 cm³/mol. The fourth-order valence-electron chi connectivity index (χ4n) is 4.22. The lowest BCUT2D eigenvalue weighted by molar-refractivity contribution is -0.122. The van der Waals surface area contributed by atoms with E-state index in [9.17, 15) is 4.79 Å². The van der Waals surface area contributed by atoms with Gasteiger partial charge in [0, 0.05) is 23.9 Å². The number of ether oxygens (including phenoxy) is 2. The van der Waals surface area contributed by atoms with Crippen molar-refractivity contribution < 1.29 is 14.3 Å². The van der Waals surface area contributed by atoms with E-state index >= 15 is 0 Å². The summed E-state index contributed by atoms with van der Waals surface area (Å²) >= 11 is 6.06. The molecule has 2 aromatic rings. The number of likely N-dealkylation sites (N-methyl/N-ethyl adjacent to an activating group) is 1. The van der Waals surface area contributed by atoms with E-state index in [4.69, 9.17) is 21.1 Å². The van der Waals surface area contributed by atoms with Gasteiger partial charge in [-0.1, -0.05) is 23.7 Å². The van der Waals surface area contributed by atoms with Crippen LogP contribution >= 0.6 is 11.6 Å². The Kier molecular flexibility index (Phi) is 8.17. The van der Waals surface area contributed by atoms with Crippen molar-refractivity contribution in [3.05, 3.63) is 58.1 Å². The Balaban J connectivity index is 1.48. The first kappa shape index (κ1) is 22.6. The first-order valence-electron chi connectivity index (χ1n) is 10.7. The molecule has 162 valence electrons. The van der Waals surface area contributed by atoms with Crippen LogP contribution < -0.4 is 9.47 Å². The van der Waals surface area contributed by atoms with E-state index in [1.165, 1.54) is 11.1 Å². The lowest BCUT2D eigenvalue weighted by atomic mass is 9.93. The van der Waals surface area contributed by atoms with E-state index in [0.29, 0.717) is 18.0 Å². The molecular formula is C25H32ClNO3. The molecular weight excluding hydrogens is 398 g/mol. The van der Waals surface area contributed by atoms with Gasteiger partial charge >= 0.3 is 0 Å². The smallest absolute Gasteiger partial charge is 0.161 e. The zero-order chi connectivity index (χ0) is 21.5. The summed E-state index contributed by atoms with van der Waals surface area (Å²) < 4.78 is 10.8. The third-order valence-electron chi connectivity index (χ3n) is 6.05. The number of ketones is 1. The van der Waals surface area contributed by atoms with Gasteiger partial charge in [0.05, 0.1) is 14.2 Å². The molecule has 3 rings (SSSR count). The largest absolute Gasteiger partial charge is 0.493 e. The summed E-state index contributed by atoms with van der Waals surface area (Å²) in [5.41, 5.74) is 3.55. The van der Waals surface area contributed by atoms with E-state index in [0.717, 1.165) is 61.5 Å². The van der Waals surface area contributed by atoms with Gasteiger partial charge in [0.2, 0.25) is 0 Å². The van der Waals surface area contributed by atoms with Gasteiger partial charge in [-0.25, -0.2) is 0 Å².